The first-order valence-electron chi connectivity index (χ1n) is 8.51. The zero-order valence-electron chi connectivity index (χ0n) is 15.2. The third kappa shape index (κ3) is 4.50. The number of hydrogen-bond acceptors (Lipinski definition) is 4. The first kappa shape index (κ1) is 20.2. The Hall–Kier alpha value is -3.49. The molecule has 0 aliphatic carbocycles. The highest BCUT2D eigenvalue weighted by molar-refractivity contribution is 6.01. The third-order valence-corrected chi connectivity index (χ3v) is 4.28. The van der Waals surface area contributed by atoms with Gasteiger partial charge >= 0.3 is 6.18 Å². The Morgan fingerprint density at radius 2 is 1.59 bits per heavy atom. The van der Waals surface area contributed by atoms with Crippen LogP contribution in [0.2, 0.25) is 0 Å². The van der Waals surface area contributed by atoms with Gasteiger partial charge in [0, 0.05) is 18.0 Å². The molecule has 1 amide bonds. The van der Waals surface area contributed by atoms with E-state index in [1.807, 2.05) is 0 Å². The van der Waals surface area contributed by atoms with Gasteiger partial charge in [0.15, 0.2) is 0 Å². The number of nitrogens with zero attached hydrogens (tertiary/aromatic N) is 2. The molecule has 29 heavy (non-hydrogen) atoms. The third-order valence-electron chi connectivity index (χ3n) is 4.28. The van der Waals surface area contributed by atoms with Crippen LogP contribution in [-0.2, 0) is 0 Å². The van der Waals surface area contributed by atoms with Crippen LogP contribution in [0.5, 0.6) is 0 Å². The van der Waals surface area contributed by atoms with E-state index >= 15 is 0 Å². The molecular formula is C20H16F4N4O. The van der Waals surface area contributed by atoms with E-state index in [0.29, 0.717) is 11.1 Å². The van der Waals surface area contributed by atoms with Crippen molar-refractivity contribution < 1.29 is 22.4 Å². The summed E-state index contributed by atoms with van der Waals surface area (Å²) in [6, 6.07) is 8.43. The first-order chi connectivity index (χ1) is 13.7. The average molecular weight is 404 g/mol. The summed E-state index contributed by atoms with van der Waals surface area (Å²) in [6.45, 7) is 0.794. The van der Waals surface area contributed by atoms with Crippen molar-refractivity contribution in [2.45, 2.75) is 19.1 Å². The zero-order valence-corrected chi connectivity index (χ0v) is 15.2. The van der Waals surface area contributed by atoms with Crippen LogP contribution in [0.15, 0.2) is 54.9 Å². The monoisotopic (exact) mass is 404 g/mol. The Bertz CT molecular complexity index is 1020. The molecule has 0 radical (unpaired) electrons. The SMILES string of the molecule is CC(NC(=O)c1c(F)cccc1-c1ccc(-c2cnc(N)nc2)cc1)C(F)(F)F. The van der Waals surface area contributed by atoms with E-state index in [1.54, 1.807) is 29.6 Å². The standard InChI is InChI=1S/C20H16F4N4O/c1-11(20(22,23)24)28-18(29)17-15(3-2-4-16(17)21)13-7-5-12(6-8-13)14-9-26-19(25)27-10-14/h2-11H,1H3,(H,28,29)(H2,25,26,27). The van der Waals surface area contributed by atoms with Crippen molar-refractivity contribution in [3.8, 4) is 22.3 Å². The van der Waals surface area contributed by atoms with Gasteiger partial charge in [-0.15, -0.1) is 0 Å². The predicted molar refractivity (Wildman–Crippen MR) is 100 cm³/mol. The van der Waals surface area contributed by atoms with Crippen molar-refractivity contribution in [2.24, 2.45) is 0 Å². The smallest absolute Gasteiger partial charge is 0.368 e. The summed E-state index contributed by atoms with van der Waals surface area (Å²) in [5.41, 5.74) is 7.10. The second-order valence-electron chi connectivity index (χ2n) is 6.31. The molecule has 150 valence electrons. The minimum absolute atomic E-state index is 0.133. The van der Waals surface area contributed by atoms with Gasteiger partial charge in [0.05, 0.1) is 5.56 Å². The molecule has 3 N–H and O–H groups in total. The van der Waals surface area contributed by atoms with Crippen LogP contribution in [0.1, 0.15) is 17.3 Å². The Labute approximate surface area is 163 Å². The van der Waals surface area contributed by atoms with Crippen LogP contribution in [0.4, 0.5) is 23.5 Å². The molecule has 3 aromatic rings. The number of alkyl halides is 3. The van der Waals surface area contributed by atoms with E-state index in [9.17, 15) is 22.4 Å². The normalized spacial score (nSPS) is 12.4. The molecule has 0 aliphatic heterocycles. The van der Waals surface area contributed by atoms with Crippen LogP contribution in [0.25, 0.3) is 22.3 Å². The number of halogens is 4. The molecule has 0 spiro atoms. The maximum atomic E-state index is 14.3. The van der Waals surface area contributed by atoms with Gasteiger partial charge in [-0.1, -0.05) is 36.4 Å². The number of benzene rings is 2. The van der Waals surface area contributed by atoms with E-state index in [1.165, 1.54) is 24.5 Å². The number of carbonyl (C=O) groups excluding carboxylic acids is 1. The van der Waals surface area contributed by atoms with Gasteiger partial charge < -0.3 is 11.1 Å². The number of nitrogens with two attached hydrogens (primary N) is 1. The largest absolute Gasteiger partial charge is 0.408 e. The van der Waals surface area contributed by atoms with Gasteiger partial charge in [-0.25, -0.2) is 14.4 Å². The lowest BCUT2D eigenvalue weighted by Crippen LogP contribution is -2.43. The molecule has 9 heteroatoms. The van der Waals surface area contributed by atoms with Crippen LogP contribution < -0.4 is 11.1 Å². The summed E-state index contributed by atoms with van der Waals surface area (Å²) < 4.78 is 52.6. The van der Waals surface area contributed by atoms with Crippen LogP contribution in [0.3, 0.4) is 0 Å². The number of amides is 1. The van der Waals surface area contributed by atoms with Crippen molar-refractivity contribution in [1.29, 1.82) is 0 Å². The zero-order chi connectivity index (χ0) is 21.2. The lowest BCUT2D eigenvalue weighted by molar-refractivity contribution is -0.149. The summed E-state index contributed by atoms with van der Waals surface area (Å²) in [7, 11) is 0. The number of nitrogens with one attached hydrogen (secondary N) is 1. The van der Waals surface area contributed by atoms with Crippen molar-refractivity contribution in [3.63, 3.8) is 0 Å². The lowest BCUT2D eigenvalue weighted by atomic mass is 9.96. The molecule has 1 heterocycles. The number of anilines is 1. The summed E-state index contributed by atoms with van der Waals surface area (Å²) in [5, 5.41) is 1.80. The summed E-state index contributed by atoms with van der Waals surface area (Å²) in [6.07, 6.45) is -1.56. The molecule has 1 aromatic heterocycles. The summed E-state index contributed by atoms with van der Waals surface area (Å²) >= 11 is 0. The predicted octanol–water partition coefficient (Wildman–Crippen LogP) is 4.21. The van der Waals surface area contributed by atoms with Crippen LogP contribution in [-0.4, -0.2) is 28.1 Å². The van der Waals surface area contributed by atoms with Crippen molar-refractivity contribution >= 4 is 11.9 Å². The van der Waals surface area contributed by atoms with Crippen molar-refractivity contribution in [1.82, 2.24) is 15.3 Å². The van der Waals surface area contributed by atoms with E-state index in [4.69, 9.17) is 5.73 Å². The Morgan fingerprint density at radius 1 is 1.00 bits per heavy atom. The fraction of sp³-hybridized carbons (Fsp3) is 0.150. The molecule has 3 rings (SSSR count). The highest BCUT2D eigenvalue weighted by Gasteiger charge is 2.37. The fourth-order valence-electron chi connectivity index (χ4n) is 2.68. The van der Waals surface area contributed by atoms with Gasteiger partial charge in [0.25, 0.3) is 5.91 Å². The second-order valence-corrected chi connectivity index (χ2v) is 6.31. The highest BCUT2D eigenvalue weighted by Crippen LogP contribution is 2.29. The molecule has 2 aromatic carbocycles. The number of nitrogen functional groups attached to an aromatic ring is 1. The van der Waals surface area contributed by atoms with Gasteiger partial charge in [0.1, 0.15) is 11.9 Å². The van der Waals surface area contributed by atoms with Crippen molar-refractivity contribution in [2.75, 3.05) is 5.73 Å². The second kappa shape index (κ2) is 7.86. The number of hydrogen-bond donors (Lipinski definition) is 2. The summed E-state index contributed by atoms with van der Waals surface area (Å²) in [4.78, 5) is 20.2. The topological polar surface area (TPSA) is 80.9 Å². The van der Waals surface area contributed by atoms with Gasteiger partial charge in [0.2, 0.25) is 5.95 Å². The number of rotatable bonds is 4. The molecule has 0 saturated carbocycles. The van der Waals surface area contributed by atoms with E-state index in [2.05, 4.69) is 9.97 Å². The lowest BCUT2D eigenvalue weighted by Gasteiger charge is -2.18. The molecule has 1 unspecified atom stereocenters. The van der Waals surface area contributed by atoms with Crippen LogP contribution >= 0.6 is 0 Å². The molecular weight excluding hydrogens is 388 g/mol. The van der Waals surface area contributed by atoms with Gasteiger partial charge in [-0.3, -0.25) is 4.79 Å². The van der Waals surface area contributed by atoms with E-state index in [-0.39, 0.29) is 11.5 Å². The maximum absolute atomic E-state index is 14.3. The Balaban J connectivity index is 1.94. The molecule has 0 bridgehead atoms. The van der Waals surface area contributed by atoms with E-state index in [0.717, 1.165) is 18.6 Å². The van der Waals surface area contributed by atoms with Gasteiger partial charge in [-0.05, 0) is 29.7 Å². The molecule has 5 nitrogen and oxygen atoms in total. The van der Waals surface area contributed by atoms with Gasteiger partial charge in [-0.2, -0.15) is 13.2 Å². The maximum Gasteiger partial charge on any atom is 0.408 e. The molecule has 1 atom stereocenters. The average Bonchev–Trinajstić information content (AvgIpc) is 2.67. The molecule has 0 fully saturated rings. The quantitative estimate of drug-likeness (QED) is 0.639. The summed E-state index contributed by atoms with van der Waals surface area (Å²) in [5.74, 6) is -1.92. The number of carbonyl (C=O) groups is 1. The minimum Gasteiger partial charge on any atom is -0.368 e. The van der Waals surface area contributed by atoms with Crippen LogP contribution in [0, 0.1) is 5.82 Å². The first-order valence-corrected chi connectivity index (χ1v) is 8.51. The number of aromatic nitrogens is 2. The Morgan fingerprint density at radius 3 is 2.17 bits per heavy atom. The molecule has 0 saturated heterocycles. The minimum atomic E-state index is -4.64. The highest BCUT2D eigenvalue weighted by atomic mass is 19.4. The Kier molecular flexibility index (Phi) is 5.49. The molecule has 0 aliphatic rings. The van der Waals surface area contributed by atoms with Crippen molar-refractivity contribution in [3.05, 3.63) is 66.2 Å². The van der Waals surface area contributed by atoms with E-state index < -0.39 is 29.5 Å². The fourth-order valence-corrected chi connectivity index (χ4v) is 2.68.